The van der Waals surface area contributed by atoms with Crippen LogP contribution in [-0.2, 0) is 16.3 Å². The third-order valence-electron chi connectivity index (χ3n) is 2.78. The number of rotatable bonds is 5. The SMILES string of the molecule is CS(=O)(=O)c1ccc(C(=O)CCc2cccs2)cc1. The fourth-order valence-corrected chi connectivity index (χ4v) is 3.06. The molecule has 2 rings (SSSR count). The van der Waals surface area contributed by atoms with Gasteiger partial charge in [0, 0.05) is 23.1 Å². The maximum absolute atomic E-state index is 12.0. The van der Waals surface area contributed by atoms with E-state index >= 15 is 0 Å². The first-order valence-corrected chi connectivity index (χ1v) is 8.59. The minimum Gasteiger partial charge on any atom is -0.294 e. The molecule has 100 valence electrons. The molecule has 1 aromatic heterocycles. The zero-order chi connectivity index (χ0) is 13.9. The van der Waals surface area contributed by atoms with Gasteiger partial charge in [0.25, 0.3) is 0 Å². The van der Waals surface area contributed by atoms with E-state index in [4.69, 9.17) is 0 Å². The summed E-state index contributed by atoms with van der Waals surface area (Å²) in [4.78, 5) is 13.4. The van der Waals surface area contributed by atoms with Crippen molar-refractivity contribution >= 4 is 27.0 Å². The van der Waals surface area contributed by atoms with E-state index in [0.717, 1.165) is 12.7 Å². The molecule has 0 aliphatic rings. The first-order valence-electron chi connectivity index (χ1n) is 5.82. The molecular weight excluding hydrogens is 280 g/mol. The minimum atomic E-state index is -3.20. The smallest absolute Gasteiger partial charge is 0.175 e. The number of carbonyl (C=O) groups is 1. The van der Waals surface area contributed by atoms with E-state index in [1.165, 1.54) is 17.0 Å². The third-order valence-corrected chi connectivity index (χ3v) is 4.85. The predicted molar refractivity (Wildman–Crippen MR) is 76.5 cm³/mol. The lowest BCUT2D eigenvalue weighted by Gasteiger charge is -2.02. The summed E-state index contributed by atoms with van der Waals surface area (Å²) < 4.78 is 22.6. The summed E-state index contributed by atoms with van der Waals surface area (Å²) >= 11 is 1.63. The molecule has 3 nitrogen and oxygen atoms in total. The lowest BCUT2D eigenvalue weighted by atomic mass is 10.1. The van der Waals surface area contributed by atoms with Crippen molar-refractivity contribution in [2.75, 3.05) is 6.26 Å². The maximum Gasteiger partial charge on any atom is 0.175 e. The third kappa shape index (κ3) is 3.75. The van der Waals surface area contributed by atoms with Gasteiger partial charge in [-0.3, -0.25) is 4.79 Å². The van der Waals surface area contributed by atoms with Gasteiger partial charge in [0.2, 0.25) is 0 Å². The molecule has 0 amide bonds. The van der Waals surface area contributed by atoms with Gasteiger partial charge >= 0.3 is 0 Å². The second kappa shape index (κ2) is 5.67. The monoisotopic (exact) mass is 294 g/mol. The molecule has 2 aromatic rings. The van der Waals surface area contributed by atoms with Crippen molar-refractivity contribution < 1.29 is 13.2 Å². The van der Waals surface area contributed by atoms with Crippen molar-refractivity contribution in [1.29, 1.82) is 0 Å². The molecule has 0 fully saturated rings. The van der Waals surface area contributed by atoms with Crippen molar-refractivity contribution in [2.45, 2.75) is 17.7 Å². The van der Waals surface area contributed by atoms with Gasteiger partial charge in [-0.05, 0) is 30.0 Å². The summed E-state index contributed by atoms with van der Waals surface area (Å²) in [6.45, 7) is 0. The van der Waals surface area contributed by atoms with E-state index in [1.807, 2.05) is 17.5 Å². The molecule has 0 atom stereocenters. The van der Waals surface area contributed by atoms with Gasteiger partial charge in [0.15, 0.2) is 15.6 Å². The number of carbonyl (C=O) groups excluding carboxylic acids is 1. The number of benzene rings is 1. The van der Waals surface area contributed by atoms with Crippen molar-refractivity contribution in [1.82, 2.24) is 0 Å². The second-order valence-electron chi connectivity index (χ2n) is 4.30. The zero-order valence-electron chi connectivity index (χ0n) is 10.5. The summed E-state index contributed by atoms with van der Waals surface area (Å²) in [6.07, 6.45) is 2.32. The van der Waals surface area contributed by atoms with Crippen molar-refractivity contribution in [3.8, 4) is 0 Å². The molecule has 19 heavy (non-hydrogen) atoms. The topological polar surface area (TPSA) is 51.2 Å². The van der Waals surface area contributed by atoms with Crippen LogP contribution in [0.3, 0.4) is 0 Å². The van der Waals surface area contributed by atoms with Crippen LogP contribution in [0.15, 0.2) is 46.7 Å². The summed E-state index contributed by atoms with van der Waals surface area (Å²) in [6, 6.07) is 10.1. The molecule has 1 aromatic carbocycles. The lowest BCUT2D eigenvalue weighted by molar-refractivity contribution is 0.0983. The molecule has 0 radical (unpaired) electrons. The Morgan fingerprint density at radius 1 is 1.16 bits per heavy atom. The molecule has 0 bridgehead atoms. The molecule has 1 heterocycles. The molecule has 0 saturated heterocycles. The normalized spacial score (nSPS) is 11.4. The Kier molecular flexibility index (Phi) is 4.17. The van der Waals surface area contributed by atoms with Gasteiger partial charge < -0.3 is 0 Å². The van der Waals surface area contributed by atoms with Crippen LogP contribution in [0.5, 0.6) is 0 Å². The van der Waals surface area contributed by atoms with Gasteiger partial charge in [0.05, 0.1) is 4.90 Å². The van der Waals surface area contributed by atoms with Crippen molar-refractivity contribution in [3.63, 3.8) is 0 Å². The fourth-order valence-electron chi connectivity index (χ4n) is 1.72. The minimum absolute atomic E-state index is 0.0356. The zero-order valence-corrected chi connectivity index (χ0v) is 12.1. The van der Waals surface area contributed by atoms with Crippen LogP contribution in [0, 0.1) is 0 Å². The lowest BCUT2D eigenvalue weighted by Crippen LogP contribution is -2.02. The van der Waals surface area contributed by atoms with Crippen LogP contribution < -0.4 is 0 Å². The van der Waals surface area contributed by atoms with Crippen LogP contribution in [0.25, 0.3) is 0 Å². The number of hydrogen-bond acceptors (Lipinski definition) is 4. The Labute approximate surface area is 116 Å². The van der Waals surface area contributed by atoms with E-state index in [1.54, 1.807) is 23.5 Å². The fraction of sp³-hybridized carbons (Fsp3) is 0.214. The molecule has 0 unspecified atom stereocenters. The predicted octanol–water partition coefficient (Wildman–Crippen LogP) is 2.97. The highest BCUT2D eigenvalue weighted by molar-refractivity contribution is 7.90. The first-order chi connectivity index (χ1) is 8.97. The summed E-state index contributed by atoms with van der Waals surface area (Å²) in [5.74, 6) is 0.0356. The number of ketones is 1. The Morgan fingerprint density at radius 2 is 1.84 bits per heavy atom. The van der Waals surface area contributed by atoms with Gasteiger partial charge in [-0.1, -0.05) is 18.2 Å². The van der Waals surface area contributed by atoms with E-state index in [9.17, 15) is 13.2 Å². The molecular formula is C14H14O3S2. The molecule has 0 aliphatic carbocycles. The summed E-state index contributed by atoms with van der Waals surface area (Å²) in [5.41, 5.74) is 0.559. The first kappa shape index (κ1) is 14.0. The van der Waals surface area contributed by atoms with E-state index in [2.05, 4.69) is 0 Å². The van der Waals surface area contributed by atoms with Crippen molar-refractivity contribution in [3.05, 3.63) is 52.2 Å². The van der Waals surface area contributed by atoms with Gasteiger partial charge in [-0.15, -0.1) is 11.3 Å². The van der Waals surface area contributed by atoms with Crippen LogP contribution in [0.1, 0.15) is 21.7 Å². The second-order valence-corrected chi connectivity index (χ2v) is 7.35. The summed E-state index contributed by atoms with van der Waals surface area (Å²) in [5, 5.41) is 1.99. The highest BCUT2D eigenvalue weighted by Crippen LogP contribution is 2.15. The highest BCUT2D eigenvalue weighted by atomic mass is 32.2. The number of Topliss-reactive ketones (excluding diaryl/α,β-unsaturated/α-hetero) is 1. The van der Waals surface area contributed by atoms with Gasteiger partial charge in [-0.25, -0.2) is 8.42 Å². The quantitative estimate of drug-likeness (QED) is 0.797. The average molecular weight is 294 g/mol. The largest absolute Gasteiger partial charge is 0.294 e. The number of hydrogen-bond donors (Lipinski definition) is 0. The van der Waals surface area contributed by atoms with E-state index in [-0.39, 0.29) is 10.7 Å². The highest BCUT2D eigenvalue weighted by Gasteiger charge is 2.10. The number of aryl methyl sites for hydroxylation is 1. The average Bonchev–Trinajstić information content (AvgIpc) is 2.88. The van der Waals surface area contributed by atoms with Crippen LogP contribution >= 0.6 is 11.3 Å². The van der Waals surface area contributed by atoms with Crippen LogP contribution in [-0.4, -0.2) is 20.5 Å². The van der Waals surface area contributed by atoms with Gasteiger partial charge in [0.1, 0.15) is 0 Å². The summed E-state index contributed by atoms with van der Waals surface area (Å²) in [7, 11) is -3.20. The Morgan fingerprint density at radius 3 is 2.37 bits per heavy atom. The number of thiophene rings is 1. The van der Waals surface area contributed by atoms with E-state index in [0.29, 0.717) is 12.0 Å². The maximum atomic E-state index is 12.0. The Hall–Kier alpha value is -1.46. The van der Waals surface area contributed by atoms with E-state index < -0.39 is 9.84 Å². The molecule has 0 spiro atoms. The number of sulfone groups is 1. The van der Waals surface area contributed by atoms with Gasteiger partial charge in [-0.2, -0.15) is 0 Å². The van der Waals surface area contributed by atoms with Crippen LogP contribution in [0.2, 0.25) is 0 Å². The Balaban J connectivity index is 2.04. The van der Waals surface area contributed by atoms with Crippen LogP contribution in [0.4, 0.5) is 0 Å². The molecule has 5 heteroatoms. The molecule has 0 N–H and O–H groups in total. The Bertz CT molecular complexity index is 653. The van der Waals surface area contributed by atoms with Crippen molar-refractivity contribution in [2.24, 2.45) is 0 Å². The molecule has 0 saturated carbocycles. The molecule has 0 aliphatic heterocycles. The standard InChI is InChI=1S/C14H14O3S2/c1-19(16,17)13-7-4-11(5-8-13)14(15)9-6-12-3-2-10-18-12/h2-5,7-8,10H,6,9H2,1H3.